The first-order chi connectivity index (χ1) is 12.1. The van der Waals surface area contributed by atoms with E-state index in [-0.39, 0.29) is 0 Å². The van der Waals surface area contributed by atoms with E-state index < -0.39 is 0 Å². The molecule has 5 nitrogen and oxygen atoms in total. The Bertz CT molecular complexity index is 515. The summed E-state index contributed by atoms with van der Waals surface area (Å²) in [6.07, 6.45) is 0. The van der Waals surface area contributed by atoms with Crippen molar-refractivity contribution in [2.45, 2.75) is 33.9 Å². The zero-order valence-electron chi connectivity index (χ0n) is 16.4. The molecule has 1 fully saturated rings. The summed E-state index contributed by atoms with van der Waals surface area (Å²) >= 11 is 0. The van der Waals surface area contributed by atoms with Crippen LogP contribution in [-0.4, -0.2) is 62.1 Å². The Morgan fingerprint density at radius 2 is 1.68 bits per heavy atom. The lowest BCUT2D eigenvalue weighted by atomic mass is 10.1. The molecule has 0 saturated carbocycles. The molecule has 1 aromatic carbocycles. The van der Waals surface area contributed by atoms with Crippen molar-refractivity contribution in [3.63, 3.8) is 0 Å². The van der Waals surface area contributed by atoms with Gasteiger partial charge in [0.1, 0.15) is 0 Å². The van der Waals surface area contributed by atoms with Crippen molar-refractivity contribution in [2.75, 3.05) is 46.3 Å². The highest BCUT2D eigenvalue weighted by Crippen LogP contribution is 2.10. The molecule has 1 aliphatic rings. The zero-order chi connectivity index (χ0) is 18.1. The molecule has 0 spiro atoms. The molecule has 140 valence electrons. The van der Waals surface area contributed by atoms with Crippen LogP contribution in [0.25, 0.3) is 0 Å². The Hall–Kier alpha value is -1.59. The number of nitrogens with zero attached hydrogens (tertiary/aromatic N) is 3. The predicted octanol–water partition coefficient (Wildman–Crippen LogP) is 2.15. The van der Waals surface area contributed by atoms with E-state index in [4.69, 9.17) is 0 Å². The van der Waals surface area contributed by atoms with Gasteiger partial charge in [0.15, 0.2) is 5.96 Å². The van der Waals surface area contributed by atoms with Crippen molar-refractivity contribution in [1.82, 2.24) is 20.4 Å². The Morgan fingerprint density at radius 3 is 2.28 bits per heavy atom. The minimum atomic E-state index is 0.609. The number of benzene rings is 1. The van der Waals surface area contributed by atoms with Crippen LogP contribution < -0.4 is 10.6 Å². The molecule has 0 aromatic heterocycles. The summed E-state index contributed by atoms with van der Waals surface area (Å²) in [5.41, 5.74) is 2.64. The van der Waals surface area contributed by atoms with E-state index in [2.05, 4.69) is 77.5 Å². The van der Waals surface area contributed by atoms with E-state index in [1.165, 1.54) is 24.2 Å². The van der Waals surface area contributed by atoms with Gasteiger partial charge >= 0.3 is 0 Å². The van der Waals surface area contributed by atoms with Crippen LogP contribution in [0.5, 0.6) is 0 Å². The molecule has 0 bridgehead atoms. The van der Waals surface area contributed by atoms with Crippen molar-refractivity contribution in [1.29, 1.82) is 0 Å². The molecule has 0 atom stereocenters. The normalized spacial score (nSPS) is 17.1. The summed E-state index contributed by atoms with van der Waals surface area (Å²) < 4.78 is 0. The number of nitrogens with one attached hydrogen (secondary N) is 2. The van der Waals surface area contributed by atoms with E-state index in [0.29, 0.717) is 12.5 Å². The van der Waals surface area contributed by atoms with Gasteiger partial charge in [0, 0.05) is 45.8 Å². The lowest BCUT2D eigenvalue weighted by Crippen LogP contribution is -2.43. The maximum Gasteiger partial charge on any atom is 0.191 e. The maximum absolute atomic E-state index is 4.69. The zero-order valence-corrected chi connectivity index (χ0v) is 16.4. The van der Waals surface area contributed by atoms with Crippen LogP contribution in [0.1, 0.15) is 31.9 Å². The van der Waals surface area contributed by atoms with Crippen LogP contribution in [0.4, 0.5) is 0 Å². The van der Waals surface area contributed by atoms with Gasteiger partial charge in [0.2, 0.25) is 0 Å². The largest absolute Gasteiger partial charge is 0.357 e. The van der Waals surface area contributed by atoms with Crippen molar-refractivity contribution >= 4 is 5.96 Å². The van der Waals surface area contributed by atoms with Crippen LogP contribution in [-0.2, 0) is 13.1 Å². The summed E-state index contributed by atoms with van der Waals surface area (Å²) in [5, 5.41) is 6.69. The van der Waals surface area contributed by atoms with Gasteiger partial charge in [-0.25, -0.2) is 4.99 Å². The highest BCUT2D eigenvalue weighted by Gasteiger charge is 2.13. The summed E-state index contributed by atoms with van der Waals surface area (Å²) in [7, 11) is 2.20. The second kappa shape index (κ2) is 10.4. The molecule has 0 aliphatic carbocycles. The molecular formula is C20H35N5. The number of hydrogen-bond acceptors (Lipinski definition) is 3. The van der Waals surface area contributed by atoms with Gasteiger partial charge in [-0.15, -0.1) is 0 Å². The topological polar surface area (TPSA) is 42.9 Å². The molecule has 1 aliphatic heterocycles. The van der Waals surface area contributed by atoms with E-state index >= 15 is 0 Å². The molecule has 2 N–H and O–H groups in total. The first-order valence-corrected chi connectivity index (χ1v) is 9.57. The lowest BCUT2D eigenvalue weighted by Gasteiger charge is -2.32. The molecule has 1 saturated heterocycles. The number of aliphatic imine (C=N–C) groups is 1. The van der Waals surface area contributed by atoms with Gasteiger partial charge in [0.25, 0.3) is 0 Å². The van der Waals surface area contributed by atoms with Crippen LogP contribution >= 0.6 is 0 Å². The maximum atomic E-state index is 4.69. The average molecular weight is 346 g/mol. The molecule has 0 radical (unpaired) electrons. The van der Waals surface area contributed by atoms with E-state index in [1.807, 2.05) is 0 Å². The molecular weight excluding hydrogens is 310 g/mol. The highest BCUT2D eigenvalue weighted by atomic mass is 15.2. The van der Waals surface area contributed by atoms with Crippen LogP contribution in [0, 0.1) is 5.92 Å². The van der Waals surface area contributed by atoms with Gasteiger partial charge in [-0.1, -0.05) is 38.1 Å². The van der Waals surface area contributed by atoms with Crippen molar-refractivity contribution < 1.29 is 0 Å². The highest BCUT2D eigenvalue weighted by molar-refractivity contribution is 5.79. The number of hydrogen-bond donors (Lipinski definition) is 2. The molecule has 2 rings (SSSR count). The Morgan fingerprint density at radius 1 is 1.04 bits per heavy atom. The second-order valence-corrected chi connectivity index (χ2v) is 7.37. The number of likely N-dealkylation sites (N-methyl/N-ethyl adjacent to an activating group) is 1. The fourth-order valence-corrected chi connectivity index (χ4v) is 2.83. The average Bonchev–Trinajstić information content (AvgIpc) is 2.60. The van der Waals surface area contributed by atoms with Crippen LogP contribution in [0.3, 0.4) is 0 Å². The Labute approximate surface area is 153 Å². The van der Waals surface area contributed by atoms with Crippen LogP contribution in [0.2, 0.25) is 0 Å². The van der Waals surface area contributed by atoms with Gasteiger partial charge < -0.3 is 15.5 Å². The van der Waals surface area contributed by atoms with Gasteiger partial charge in [-0.2, -0.15) is 0 Å². The summed E-state index contributed by atoms with van der Waals surface area (Å²) in [4.78, 5) is 9.62. The number of guanidine groups is 1. The molecule has 0 unspecified atom stereocenters. The predicted molar refractivity (Wildman–Crippen MR) is 107 cm³/mol. The summed E-state index contributed by atoms with van der Waals surface area (Å²) in [5.74, 6) is 1.51. The minimum absolute atomic E-state index is 0.609. The van der Waals surface area contributed by atoms with Crippen LogP contribution in [0.15, 0.2) is 29.3 Å². The quantitative estimate of drug-likeness (QED) is 0.587. The molecule has 0 amide bonds. The van der Waals surface area contributed by atoms with Gasteiger partial charge in [0.05, 0.1) is 6.54 Å². The minimum Gasteiger partial charge on any atom is -0.357 e. The standard InChI is InChI=1S/C20H35N5/c1-5-21-20(22-14-17(2)3)23-15-18-6-8-19(9-7-18)16-25-12-10-24(4)11-13-25/h6-9,17H,5,10-16H2,1-4H3,(H2,21,22,23). The van der Waals surface area contributed by atoms with E-state index in [1.54, 1.807) is 0 Å². The third kappa shape index (κ3) is 7.45. The monoisotopic (exact) mass is 345 g/mol. The van der Waals surface area contributed by atoms with E-state index in [0.717, 1.165) is 38.7 Å². The first-order valence-electron chi connectivity index (χ1n) is 9.57. The Balaban J connectivity index is 1.84. The molecule has 25 heavy (non-hydrogen) atoms. The molecule has 5 heteroatoms. The van der Waals surface area contributed by atoms with Crippen molar-refractivity contribution in [3.8, 4) is 0 Å². The van der Waals surface area contributed by atoms with Crippen molar-refractivity contribution in [3.05, 3.63) is 35.4 Å². The number of piperazine rings is 1. The van der Waals surface area contributed by atoms with Gasteiger partial charge in [-0.3, -0.25) is 4.90 Å². The first kappa shape index (κ1) is 19.7. The fraction of sp³-hybridized carbons (Fsp3) is 0.650. The van der Waals surface area contributed by atoms with E-state index in [9.17, 15) is 0 Å². The third-order valence-corrected chi connectivity index (χ3v) is 4.47. The second-order valence-electron chi connectivity index (χ2n) is 7.37. The summed E-state index contributed by atoms with van der Waals surface area (Å²) in [6.45, 7) is 14.8. The molecule has 1 aromatic rings. The summed E-state index contributed by atoms with van der Waals surface area (Å²) in [6, 6.07) is 8.91. The smallest absolute Gasteiger partial charge is 0.191 e. The van der Waals surface area contributed by atoms with Gasteiger partial charge in [-0.05, 0) is 31.0 Å². The lowest BCUT2D eigenvalue weighted by molar-refractivity contribution is 0.148. The third-order valence-electron chi connectivity index (χ3n) is 4.47. The SMILES string of the molecule is CCNC(=NCc1ccc(CN2CCN(C)CC2)cc1)NCC(C)C. The fourth-order valence-electron chi connectivity index (χ4n) is 2.83. The Kier molecular flexibility index (Phi) is 8.22. The number of rotatable bonds is 7. The van der Waals surface area contributed by atoms with Crippen molar-refractivity contribution in [2.24, 2.45) is 10.9 Å². The molecule has 1 heterocycles.